The van der Waals surface area contributed by atoms with Gasteiger partial charge in [0, 0.05) is 16.6 Å². The second-order valence-electron chi connectivity index (χ2n) is 4.43. The number of piperidine rings is 1. The third kappa shape index (κ3) is 2.71. The molecule has 0 bridgehead atoms. The first-order valence-corrected chi connectivity index (χ1v) is 6.53. The van der Waals surface area contributed by atoms with E-state index in [9.17, 15) is 14.3 Å². The lowest BCUT2D eigenvalue weighted by Crippen LogP contribution is -2.32. The van der Waals surface area contributed by atoms with Crippen molar-refractivity contribution in [3.05, 3.63) is 57.7 Å². The zero-order valence-electron chi connectivity index (χ0n) is 10.3. The highest BCUT2D eigenvalue weighted by Crippen LogP contribution is 2.33. The highest BCUT2D eigenvalue weighted by molar-refractivity contribution is 9.10. The van der Waals surface area contributed by atoms with Crippen LogP contribution in [0.1, 0.15) is 24.9 Å². The SMILES string of the molecule is C=C1N[C@@H](c2ccc(F)cc2Br)CC(=O)/C1=C(/C)O. The van der Waals surface area contributed by atoms with Gasteiger partial charge >= 0.3 is 0 Å². The lowest BCUT2D eigenvalue weighted by Gasteiger charge is -2.28. The number of halogens is 2. The standard InChI is InChI=1S/C14H13BrFNO2/c1-7-14(8(2)18)13(19)6-12(17-7)10-4-3-9(16)5-11(10)15/h3-5,12,17-18H,1,6H2,2H3/b14-8-/t12-/m1/s1. The maximum atomic E-state index is 13.1. The number of Topliss-reactive ketones (excluding diaryl/α,β-unsaturated/α-hetero) is 1. The third-order valence-electron chi connectivity index (χ3n) is 3.02. The fourth-order valence-corrected chi connectivity index (χ4v) is 2.81. The second-order valence-corrected chi connectivity index (χ2v) is 5.28. The number of carbonyl (C=O) groups excluding carboxylic acids is 1. The molecule has 1 aromatic carbocycles. The molecule has 1 aromatic rings. The van der Waals surface area contributed by atoms with Gasteiger partial charge in [-0.1, -0.05) is 28.6 Å². The predicted molar refractivity (Wildman–Crippen MR) is 74.1 cm³/mol. The number of hydrogen-bond donors (Lipinski definition) is 2. The Morgan fingerprint density at radius 1 is 1.58 bits per heavy atom. The largest absolute Gasteiger partial charge is 0.512 e. The first kappa shape index (κ1) is 13.8. The molecule has 0 aliphatic carbocycles. The Kier molecular flexibility index (Phi) is 3.75. The fraction of sp³-hybridized carbons (Fsp3) is 0.214. The Bertz CT molecular complexity index is 571. The highest BCUT2D eigenvalue weighted by Gasteiger charge is 2.29. The van der Waals surface area contributed by atoms with Crippen LogP contribution in [0.2, 0.25) is 0 Å². The summed E-state index contributed by atoms with van der Waals surface area (Å²) in [7, 11) is 0. The van der Waals surface area contributed by atoms with Crippen LogP contribution >= 0.6 is 15.9 Å². The molecule has 3 nitrogen and oxygen atoms in total. The molecule has 1 aliphatic rings. The van der Waals surface area contributed by atoms with Gasteiger partial charge in [-0.25, -0.2) is 4.39 Å². The highest BCUT2D eigenvalue weighted by atomic mass is 79.9. The van der Waals surface area contributed by atoms with Crippen LogP contribution < -0.4 is 5.32 Å². The summed E-state index contributed by atoms with van der Waals surface area (Å²) in [5.41, 5.74) is 1.40. The summed E-state index contributed by atoms with van der Waals surface area (Å²) in [5.74, 6) is -0.563. The van der Waals surface area contributed by atoms with Gasteiger partial charge in [-0.3, -0.25) is 4.79 Å². The Balaban J connectivity index is 2.33. The number of hydrogen-bond acceptors (Lipinski definition) is 3. The van der Waals surface area contributed by atoms with E-state index >= 15 is 0 Å². The Morgan fingerprint density at radius 2 is 2.26 bits per heavy atom. The van der Waals surface area contributed by atoms with Gasteiger partial charge in [0.2, 0.25) is 0 Å². The smallest absolute Gasteiger partial charge is 0.170 e. The van der Waals surface area contributed by atoms with Crippen molar-refractivity contribution in [3.63, 3.8) is 0 Å². The van der Waals surface area contributed by atoms with Gasteiger partial charge in [0.1, 0.15) is 11.6 Å². The van der Waals surface area contributed by atoms with Gasteiger partial charge in [-0.15, -0.1) is 0 Å². The summed E-state index contributed by atoms with van der Waals surface area (Å²) in [5, 5.41) is 12.5. The van der Waals surface area contributed by atoms with E-state index in [0.717, 1.165) is 5.56 Å². The molecule has 1 fully saturated rings. The monoisotopic (exact) mass is 325 g/mol. The van der Waals surface area contributed by atoms with E-state index in [2.05, 4.69) is 27.8 Å². The number of carbonyl (C=O) groups is 1. The van der Waals surface area contributed by atoms with Crippen LogP contribution in [0.15, 0.2) is 46.3 Å². The van der Waals surface area contributed by atoms with Crippen molar-refractivity contribution < 1.29 is 14.3 Å². The molecular weight excluding hydrogens is 313 g/mol. The summed E-state index contributed by atoms with van der Waals surface area (Å²) in [4.78, 5) is 12.0. The van der Waals surface area contributed by atoms with Gasteiger partial charge in [0.15, 0.2) is 5.78 Å². The maximum Gasteiger partial charge on any atom is 0.170 e. The Hall–Kier alpha value is -1.62. The average molecular weight is 326 g/mol. The Labute approximate surface area is 119 Å². The first-order chi connectivity index (χ1) is 8.90. The number of rotatable bonds is 1. The topological polar surface area (TPSA) is 49.3 Å². The van der Waals surface area contributed by atoms with Crippen molar-refractivity contribution in [2.24, 2.45) is 0 Å². The zero-order valence-corrected chi connectivity index (χ0v) is 11.9. The van der Waals surface area contributed by atoms with Crippen LogP contribution in [0.25, 0.3) is 0 Å². The van der Waals surface area contributed by atoms with Gasteiger partial charge in [0.05, 0.1) is 11.6 Å². The van der Waals surface area contributed by atoms with Crippen LogP contribution in [-0.4, -0.2) is 10.9 Å². The molecule has 0 spiro atoms. The summed E-state index contributed by atoms with van der Waals surface area (Å²) in [6.45, 7) is 5.20. The summed E-state index contributed by atoms with van der Waals surface area (Å²) < 4.78 is 13.7. The van der Waals surface area contributed by atoms with Crippen molar-refractivity contribution in [2.75, 3.05) is 0 Å². The molecule has 0 radical (unpaired) electrons. The quantitative estimate of drug-likeness (QED) is 0.613. The summed E-state index contributed by atoms with van der Waals surface area (Å²) in [6.07, 6.45) is 0.191. The number of aliphatic hydroxyl groups excluding tert-OH is 1. The lowest BCUT2D eigenvalue weighted by atomic mass is 9.91. The van der Waals surface area contributed by atoms with E-state index in [0.29, 0.717) is 10.2 Å². The van der Waals surface area contributed by atoms with Gasteiger partial charge < -0.3 is 10.4 Å². The van der Waals surface area contributed by atoms with Crippen molar-refractivity contribution in [1.29, 1.82) is 0 Å². The molecule has 1 atom stereocenters. The van der Waals surface area contributed by atoms with Gasteiger partial charge in [0.25, 0.3) is 0 Å². The molecule has 100 valence electrons. The van der Waals surface area contributed by atoms with Crippen molar-refractivity contribution in [2.45, 2.75) is 19.4 Å². The van der Waals surface area contributed by atoms with E-state index < -0.39 is 0 Å². The summed E-state index contributed by atoms with van der Waals surface area (Å²) >= 11 is 3.28. The number of benzene rings is 1. The molecule has 0 amide bonds. The molecule has 5 heteroatoms. The van der Waals surface area contributed by atoms with Crippen LogP contribution in [0, 0.1) is 5.82 Å². The van der Waals surface area contributed by atoms with Crippen LogP contribution in [0.3, 0.4) is 0 Å². The predicted octanol–water partition coefficient (Wildman–Crippen LogP) is 3.54. The lowest BCUT2D eigenvalue weighted by molar-refractivity contribution is -0.116. The molecule has 1 aliphatic heterocycles. The molecule has 2 N–H and O–H groups in total. The molecule has 1 heterocycles. The molecule has 2 rings (SSSR count). The van der Waals surface area contributed by atoms with Crippen molar-refractivity contribution in [1.82, 2.24) is 5.32 Å². The van der Waals surface area contributed by atoms with E-state index in [1.54, 1.807) is 6.07 Å². The number of ketones is 1. The normalized spacial score (nSPS) is 22.2. The van der Waals surface area contributed by atoms with E-state index in [1.165, 1.54) is 19.1 Å². The minimum absolute atomic E-state index is 0.0425. The van der Waals surface area contributed by atoms with E-state index in [1.807, 2.05) is 0 Å². The Morgan fingerprint density at radius 3 is 2.79 bits per heavy atom. The summed E-state index contributed by atoms with van der Waals surface area (Å²) in [6, 6.07) is 4.04. The first-order valence-electron chi connectivity index (χ1n) is 5.74. The minimum atomic E-state index is -0.344. The number of aliphatic hydroxyl groups is 1. The molecule has 19 heavy (non-hydrogen) atoms. The van der Waals surface area contributed by atoms with E-state index in [-0.39, 0.29) is 35.4 Å². The molecule has 0 unspecified atom stereocenters. The average Bonchev–Trinajstić information content (AvgIpc) is 2.26. The van der Waals surface area contributed by atoms with E-state index in [4.69, 9.17) is 0 Å². The van der Waals surface area contributed by atoms with Crippen molar-refractivity contribution >= 4 is 21.7 Å². The van der Waals surface area contributed by atoms with Crippen LogP contribution in [0.5, 0.6) is 0 Å². The van der Waals surface area contributed by atoms with Gasteiger partial charge in [-0.05, 0) is 24.6 Å². The maximum absolute atomic E-state index is 13.1. The third-order valence-corrected chi connectivity index (χ3v) is 3.71. The molecule has 0 aromatic heterocycles. The number of allylic oxidation sites excluding steroid dienone is 2. The minimum Gasteiger partial charge on any atom is -0.512 e. The van der Waals surface area contributed by atoms with Crippen LogP contribution in [0.4, 0.5) is 4.39 Å². The number of nitrogens with one attached hydrogen (secondary N) is 1. The molecule has 0 saturated carbocycles. The van der Waals surface area contributed by atoms with Crippen molar-refractivity contribution in [3.8, 4) is 0 Å². The molecule has 1 saturated heterocycles. The van der Waals surface area contributed by atoms with Gasteiger partial charge in [-0.2, -0.15) is 0 Å². The molecular formula is C14H13BrFNO2. The fourth-order valence-electron chi connectivity index (χ4n) is 2.18. The zero-order chi connectivity index (χ0) is 14.2. The second kappa shape index (κ2) is 5.17. The van der Waals surface area contributed by atoms with Crippen LogP contribution in [-0.2, 0) is 4.79 Å².